The molecular weight excluding hydrogens is 260 g/mol. The second-order valence-electron chi connectivity index (χ2n) is 5.71. The second kappa shape index (κ2) is 5.20. The lowest BCUT2D eigenvalue weighted by atomic mass is 10.00. The van der Waals surface area contributed by atoms with E-state index in [1.807, 2.05) is 0 Å². The summed E-state index contributed by atoms with van der Waals surface area (Å²) >= 11 is 0. The van der Waals surface area contributed by atoms with Gasteiger partial charge in [-0.2, -0.15) is 0 Å². The summed E-state index contributed by atoms with van der Waals surface area (Å²) in [6.45, 7) is 5.53. The molecule has 1 aliphatic heterocycles. The van der Waals surface area contributed by atoms with Gasteiger partial charge >= 0.3 is 5.97 Å². The molecule has 1 heterocycles. The summed E-state index contributed by atoms with van der Waals surface area (Å²) in [7, 11) is 0. The Balaban J connectivity index is 2.39. The van der Waals surface area contributed by atoms with E-state index < -0.39 is 10.9 Å². The number of nitro groups is 1. The summed E-state index contributed by atoms with van der Waals surface area (Å²) in [5, 5.41) is 20.2. The van der Waals surface area contributed by atoms with E-state index in [0.717, 1.165) is 19.4 Å². The summed E-state index contributed by atoms with van der Waals surface area (Å²) in [5.74, 6) is -1.25. The van der Waals surface area contributed by atoms with E-state index in [-0.39, 0.29) is 16.8 Å². The summed E-state index contributed by atoms with van der Waals surface area (Å²) in [5.41, 5.74) is -0.0331. The lowest BCUT2D eigenvalue weighted by Crippen LogP contribution is -2.37. The average molecular weight is 278 g/mol. The fourth-order valence-electron chi connectivity index (χ4n) is 2.78. The van der Waals surface area contributed by atoms with Gasteiger partial charge in [0.1, 0.15) is 5.56 Å². The predicted octanol–water partition coefficient (Wildman–Crippen LogP) is 2.67. The average Bonchev–Trinajstić information content (AvgIpc) is 2.68. The summed E-state index contributed by atoms with van der Waals surface area (Å²) in [4.78, 5) is 23.9. The van der Waals surface area contributed by atoms with Crippen molar-refractivity contribution in [3.8, 4) is 0 Å². The largest absolute Gasteiger partial charge is 0.477 e. The normalized spacial score (nSPS) is 18.1. The van der Waals surface area contributed by atoms with Crippen LogP contribution in [0.25, 0.3) is 0 Å². The molecule has 6 nitrogen and oxygen atoms in total. The van der Waals surface area contributed by atoms with Crippen LogP contribution in [0.1, 0.15) is 42.6 Å². The van der Waals surface area contributed by atoms with Gasteiger partial charge < -0.3 is 5.11 Å². The van der Waals surface area contributed by atoms with E-state index in [9.17, 15) is 20.0 Å². The Kier molecular flexibility index (Phi) is 3.76. The minimum absolute atomic E-state index is 0.000391. The molecule has 0 unspecified atom stereocenters. The fourth-order valence-corrected chi connectivity index (χ4v) is 2.78. The number of benzene rings is 1. The van der Waals surface area contributed by atoms with Crippen LogP contribution >= 0.6 is 0 Å². The lowest BCUT2D eigenvalue weighted by Gasteiger charge is -2.31. The molecule has 20 heavy (non-hydrogen) atoms. The zero-order valence-electron chi connectivity index (χ0n) is 11.6. The van der Waals surface area contributed by atoms with Crippen molar-refractivity contribution in [1.29, 1.82) is 0 Å². The van der Waals surface area contributed by atoms with Gasteiger partial charge in [0.2, 0.25) is 0 Å². The van der Waals surface area contributed by atoms with Crippen molar-refractivity contribution >= 4 is 11.7 Å². The topological polar surface area (TPSA) is 83.7 Å². The maximum atomic E-state index is 11.4. The highest BCUT2D eigenvalue weighted by atomic mass is 16.6. The molecule has 108 valence electrons. The number of nitro benzene ring substituents is 1. The first-order chi connectivity index (χ1) is 9.33. The third kappa shape index (κ3) is 2.65. The van der Waals surface area contributed by atoms with E-state index in [2.05, 4.69) is 18.7 Å². The Bertz CT molecular complexity index is 554. The van der Waals surface area contributed by atoms with Gasteiger partial charge in [-0.05, 0) is 38.8 Å². The Morgan fingerprint density at radius 1 is 1.50 bits per heavy atom. The molecule has 0 spiro atoms. The predicted molar refractivity (Wildman–Crippen MR) is 73.8 cm³/mol. The van der Waals surface area contributed by atoms with Gasteiger partial charge in [0.25, 0.3) is 5.69 Å². The quantitative estimate of drug-likeness (QED) is 0.676. The Morgan fingerprint density at radius 3 is 2.70 bits per heavy atom. The van der Waals surface area contributed by atoms with Crippen LogP contribution in [0.5, 0.6) is 0 Å². The van der Waals surface area contributed by atoms with E-state index in [0.29, 0.717) is 12.1 Å². The van der Waals surface area contributed by atoms with Crippen LogP contribution in [-0.2, 0) is 6.54 Å². The molecule has 6 heteroatoms. The van der Waals surface area contributed by atoms with Crippen LogP contribution in [0.2, 0.25) is 0 Å². The van der Waals surface area contributed by atoms with Crippen LogP contribution in [0.15, 0.2) is 18.2 Å². The zero-order chi connectivity index (χ0) is 14.9. The third-order valence-electron chi connectivity index (χ3n) is 3.97. The van der Waals surface area contributed by atoms with Crippen molar-refractivity contribution in [3.05, 3.63) is 39.4 Å². The minimum Gasteiger partial charge on any atom is -0.477 e. The first-order valence-electron chi connectivity index (χ1n) is 6.57. The molecular formula is C14H18N2O4. The first kappa shape index (κ1) is 14.5. The Hall–Kier alpha value is -1.95. The van der Waals surface area contributed by atoms with Gasteiger partial charge in [0.05, 0.1) is 4.92 Å². The van der Waals surface area contributed by atoms with Crippen molar-refractivity contribution in [3.63, 3.8) is 0 Å². The number of likely N-dealkylation sites (tertiary alicyclic amines) is 1. The molecule has 0 aliphatic carbocycles. The Labute approximate surface area is 117 Å². The molecule has 0 aromatic heterocycles. The zero-order valence-corrected chi connectivity index (χ0v) is 11.6. The fraction of sp³-hybridized carbons (Fsp3) is 0.500. The number of nitrogens with zero attached hydrogens (tertiary/aromatic N) is 2. The number of rotatable bonds is 4. The molecule has 0 amide bonds. The number of hydrogen-bond donors (Lipinski definition) is 1. The third-order valence-corrected chi connectivity index (χ3v) is 3.97. The number of carbonyl (C=O) groups is 1. The molecule has 1 aromatic rings. The van der Waals surface area contributed by atoms with Crippen molar-refractivity contribution in [2.45, 2.75) is 38.8 Å². The highest BCUT2D eigenvalue weighted by Crippen LogP contribution is 2.32. The van der Waals surface area contributed by atoms with Gasteiger partial charge in [-0.1, -0.05) is 12.1 Å². The molecule has 0 bridgehead atoms. The van der Waals surface area contributed by atoms with Crippen molar-refractivity contribution in [2.24, 2.45) is 0 Å². The molecule has 1 aromatic carbocycles. The molecule has 0 atom stereocenters. The van der Waals surface area contributed by atoms with Crippen molar-refractivity contribution in [1.82, 2.24) is 4.90 Å². The van der Waals surface area contributed by atoms with Crippen LogP contribution in [0, 0.1) is 10.1 Å². The highest BCUT2D eigenvalue weighted by molar-refractivity contribution is 5.94. The monoisotopic (exact) mass is 278 g/mol. The van der Waals surface area contributed by atoms with Gasteiger partial charge in [0, 0.05) is 18.2 Å². The van der Waals surface area contributed by atoms with Crippen LogP contribution in [0.4, 0.5) is 5.69 Å². The van der Waals surface area contributed by atoms with E-state index >= 15 is 0 Å². The Morgan fingerprint density at radius 2 is 2.20 bits per heavy atom. The maximum Gasteiger partial charge on any atom is 0.343 e. The van der Waals surface area contributed by atoms with Gasteiger partial charge in [-0.25, -0.2) is 4.79 Å². The van der Waals surface area contributed by atoms with Crippen LogP contribution in [0.3, 0.4) is 0 Å². The first-order valence-corrected chi connectivity index (χ1v) is 6.57. The molecule has 0 saturated carbocycles. The number of carboxylic acids is 1. The molecule has 1 aliphatic rings. The number of aromatic carboxylic acids is 1. The lowest BCUT2D eigenvalue weighted by molar-refractivity contribution is -0.385. The second-order valence-corrected chi connectivity index (χ2v) is 5.71. The van der Waals surface area contributed by atoms with Crippen LogP contribution in [-0.4, -0.2) is 33.0 Å². The van der Waals surface area contributed by atoms with E-state index in [4.69, 9.17) is 0 Å². The van der Waals surface area contributed by atoms with E-state index in [1.54, 1.807) is 12.1 Å². The molecule has 2 rings (SSSR count). The van der Waals surface area contributed by atoms with Gasteiger partial charge in [0.15, 0.2) is 0 Å². The molecule has 1 saturated heterocycles. The summed E-state index contributed by atoms with van der Waals surface area (Å²) < 4.78 is 0. The van der Waals surface area contributed by atoms with Crippen LogP contribution < -0.4 is 0 Å². The number of carboxylic acid groups (broad SMARTS) is 1. The summed E-state index contributed by atoms with van der Waals surface area (Å²) in [6, 6.07) is 4.44. The maximum absolute atomic E-state index is 11.4. The molecule has 1 fully saturated rings. The molecule has 1 N–H and O–H groups in total. The SMILES string of the molecule is CC1(C)CCCN1Cc1cccc([N+](=O)[O-])c1C(=O)O. The van der Waals surface area contributed by atoms with Gasteiger partial charge in [-0.15, -0.1) is 0 Å². The molecule has 0 radical (unpaired) electrons. The highest BCUT2D eigenvalue weighted by Gasteiger charge is 2.33. The number of hydrogen-bond acceptors (Lipinski definition) is 4. The smallest absolute Gasteiger partial charge is 0.343 e. The van der Waals surface area contributed by atoms with Crippen molar-refractivity contribution < 1.29 is 14.8 Å². The minimum atomic E-state index is -1.25. The van der Waals surface area contributed by atoms with Crippen molar-refractivity contribution in [2.75, 3.05) is 6.54 Å². The standard InChI is InChI=1S/C14H18N2O4/c1-14(2)7-4-8-15(14)9-10-5-3-6-11(16(19)20)12(10)13(17)18/h3,5-6H,4,7-9H2,1-2H3,(H,17,18). The van der Waals surface area contributed by atoms with E-state index in [1.165, 1.54) is 6.07 Å². The summed E-state index contributed by atoms with van der Waals surface area (Å²) in [6.07, 6.45) is 2.11. The van der Waals surface area contributed by atoms with Gasteiger partial charge in [-0.3, -0.25) is 15.0 Å².